The highest BCUT2D eigenvalue weighted by molar-refractivity contribution is 6.18. The standard InChI is InChI=1S/C45H30N4/c1-4-14-31(15-5-1)33-28-34(32-16-6-2-7-17-32)30-35(29-33)43-42-22-12-13-26-48(42)45(46-43)49-41-21-11-10-20-37(41)38-23-24-40-39(44(38)49)25-27-47(40)36-18-8-3-9-19-36/h1-30H. The lowest BCUT2D eigenvalue weighted by Crippen LogP contribution is -2.01. The van der Waals surface area contributed by atoms with Crippen molar-refractivity contribution in [1.29, 1.82) is 0 Å². The quantitative estimate of drug-likeness (QED) is 0.187. The number of fused-ring (bicyclic) bond motifs is 6. The van der Waals surface area contributed by atoms with Crippen LogP contribution in [0.4, 0.5) is 0 Å². The number of rotatable bonds is 5. The molecule has 0 aliphatic heterocycles. The molecule has 0 unspecified atom stereocenters. The molecule has 4 nitrogen and oxygen atoms in total. The van der Waals surface area contributed by atoms with Gasteiger partial charge in [0.15, 0.2) is 0 Å². The van der Waals surface area contributed by atoms with E-state index in [9.17, 15) is 0 Å². The topological polar surface area (TPSA) is 27.2 Å². The molecular formula is C45H30N4. The summed E-state index contributed by atoms with van der Waals surface area (Å²) >= 11 is 0. The fourth-order valence-corrected chi connectivity index (χ4v) is 7.45. The number of hydrogen-bond acceptors (Lipinski definition) is 1. The molecule has 0 radical (unpaired) electrons. The maximum absolute atomic E-state index is 5.56. The largest absolute Gasteiger partial charge is 0.316 e. The lowest BCUT2D eigenvalue weighted by atomic mass is 9.95. The molecule has 0 saturated heterocycles. The van der Waals surface area contributed by atoms with E-state index in [-0.39, 0.29) is 0 Å². The molecule has 0 amide bonds. The average molecular weight is 627 g/mol. The molecule has 0 atom stereocenters. The minimum absolute atomic E-state index is 0.864. The number of imidazole rings is 1. The van der Waals surface area contributed by atoms with Crippen LogP contribution in [-0.4, -0.2) is 18.5 Å². The zero-order chi connectivity index (χ0) is 32.3. The summed E-state index contributed by atoms with van der Waals surface area (Å²) in [6.45, 7) is 0. The van der Waals surface area contributed by atoms with Crippen LogP contribution in [0.5, 0.6) is 0 Å². The fourth-order valence-electron chi connectivity index (χ4n) is 7.45. The summed E-state index contributed by atoms with van der Waals surface area (Å²) in [5, 5.41) is 3.60. The van der Waals surface area contributed by atoms with E-state index in [4.69, 9.17) is 4.98 Å². The number of aromatic nitrogens is 4. The molecule has 0 N–H and O–H groups in total. The first kappa shape index (κ1) is 27.5. The predicted molar refractivity (Wildman–Crippen MR) is 203 cm³/mol. The number of hydrogen-bond donors (Lipinski definition) is 0. The van der Waals surface area contributed by atoms with Gasteiger partial charge in [-0.05, 0) is 82.9 Å². The number of para-hydroxylation sites is 2. The van der Waals surface area contributed by atoms with Crippen molar-refractivity contribution in [2.24, 2.45) is 0 Å². The first-order chi connectivity index (χ1) is 24.3. The Morgan fingerprint density at radius 2 is 1.00 bits per heavy atom. The van der Waals surface area contributed by atoms with Crippen LogP contribution in [0.25, 0.3) is 83.4 Å². The van der Waals surface area contributed by atoms with E-state index < -0.39 is 0 Å². The second-order valence-electron chi connectivity index (χ2n) is 12.5. The first-order valence-electron chi connectivity index (χ1n) is 16.6. The molecule has 230 valence electrons. The van der Waals surface area contributed by atoms with E-state index in [0.717, 1.165) is 56.1 Å². The van der Waals surface area contributed by atoms with Crippen LogP contribution in [0.3, 0.4) is 0 Å². The second kappa shape index (κ2) is 11.0. The van der Waals surface area contributed by atoms with Gasteiger partial charge < -0.3 is 4.57 Å². The molecule has 6 aromatic carbocycles. The Morgan fingerprint density at radius 3 is 1.73 bits per heavy atom. The highest BCUT2D eigenvalue weighted by Gasteiger charge is 2.22. The molecule has 10 rings (SSSR count). The van der Waals surface area contributed by atoms with Crippen molar-refractivity contribution in [3.8, 4) is 45.1 Å². The Hall–Kier alpha value is -6.65. The van der Waals surface area contributed by atoms with Gasteiger partial charge in [-0.3, -0.25) is 8.97 Å². The lowest BCUT2D eigenvalue weighted by Gasteiger charge is -2.10. The molecule has 0 aliphatic carbocycles. The zero-order valence-electron chi connectivity index (χ0n) is 26.6. The average Bonchev–Trinajstić information content (AvgIpc) is 3.88. The number of nitrogens with zero attached hydrogens (tertiary/aromatic N) is 4. The Morgan fingerprint density at radius 1 is 0.388 bits per heavy atom. The molecular weight excluding hydrogens is 597 g/mol. The van der Waals surface area contributed by atoms with Crippen molar-refractivity contribution < 1.29 is 0 Å². The molecule has 10 aromatic rings. The van der Waals surface area contributed by atoms with Gasteiger partial charge in [-0.25, -0.2) is 4.98 Å². The monoisotopic (exact) mass is 626 g/mol. The van der Waals surface area contributed by atoms with Crippen molar-refractivity contribution in [3.63, 3.8) is 0 Å². The molecule has 4 aromatic heterocycles. The van der Waals surface area contributed by atoms with Crippen LogP contribution in [-0.2, 0) is 0 Å². The third-order valence-electron chi connectivity index (χ3n) is 9.69. The summed E-state index contributed by atoms with van der Waals surface area (Å²) in [7, 11) is 0. The van der Waals surface area contributed by atoms with E-state index >= 15 is 0 Å². The van der Waals surface area contributed by atoms with Gasteiger partial charge >= 0.3 is 0 Å². The predicted octanol–water partition coefficient (Wildman–Crippen LogP) is 11.4. The third kappa shape index (κ3) is 4.35. The lowest BCUT2D eigenvalue weighted by molar-refractivity contribution is 0.986. The second-order valence-corrected chi connectivity index (χ2v) is 12.5. The minimum Gasteiger partial charge on any atom is -0.316 e. The van der Waals surface area contributed by atoms with Crippen molar-refractivity contribution in [2.75, 3.05) is 0 Å². The van der Waals surface area contributed by atoms with Crippen molar-refractivity contribution in [2.45, 2.75) is 0 Å². The molecule has 0 bridgehead atoms. The van der Waals surface area contributed by atoms with Crippen molar-refractivity contribution >= 4 is 38.2 Å². The molecule has 0 aliphatic rings. The van der Waals surface area contributed by atoms with E-state index in [1.807, 2.05) is 0 Å². The highest BCUT2D eigenvalue weighted by Crippen LogP contribution is 2.40. The molecule has 49 heavy (non-hydrogen) atoms. The summed E-state index contributed by atoms with van der Waals surface area (Å²) in [6, 6.07) is 60.4. The molecule has 0 fully saturated rings. The van der Waals surface area contributed by atoms with E-state index in [0.29, 0.717) is 0 Å². The van der Waals surface area contributed by atoms with Gasteiger partial charge in [-0.2, -0.15) is 0 Å². The van der Waals surface area contributed by atoms with Crippen LogP contribution in [0, 0.1) is 0 Å². The summed E-state index contributed by atoms with van der Waals surface area (Å²) in [5.74, 6) is 0.864. The van der Waals surface area contributed by atoms with Crippen LogP contribution in [0.2, 0.25) is 0 Å². The van der Waals surface area contributed by atoms with Gasteiger partial charge in [0, 0.05) is 39.8 Å². The molecule has 4 heteroatoms. The van der Waals surface area contributed by atoms with Crippen LogP contribution in [0.15, 0.2) is 182 Å². The van der Waals surface area contributed by atoms with Crippen LogP contribution < -0.4 is 0 Å². The Bertz CT molecular complexity index is 2750. The molecule has 0 spiro atoms. The van der Waals surface area contributed by atoms with Gasteiger partial charge in [0.2, 0.25) is 5.95 Å². The van der Waals surface area contributed by atoms with E-state index in [1.54, 1.807) is 0 Å². The van der Waals surface area contributed by atoms with Gasteiger partial charge in [-0.15, -0.1) is 0 Å². The number of pyridine rings is 1. The first-order valence-corrected chi connectivity index (χ1v) is 16.6. The van der Waals surface area contributed by atoms with Crippen LogP contribution in [0.1, 0.15) is 0 Å². The number of benzene rings is 6. The van der Waals surface area contributed by atoms with Gasteiger partial charge in [0.05, 0.1) is 27.8 Å². The fraction of sp³-hybridized carbons (Fsp3) is 0. The minimum atomic E-state index is 0.864. The van der Waals surface area contributed by atoms with Crippen molar-refractivity contribution in [1.82, 2.24) is 18.5 Å². The Kier molecular flexibility index (Phi) is 6.15. The van der Waals surface area contributed by atoms with Crippen LogP contribution >= 0.6 is 0 Å². The molecule has 0 saturated carbocycles. The summed E-state index contributed by atoms with van der Waals surface area (Å²) in [4.78, 5) is 5.56. The maximum atomic E-state index is 5.56. The smallest absolute Gasteiger partial charge is 0.220 e. The van der Waals surface area contributed by atoms with E-state index in [1.165, 1.54) is 27.3 Å². The molecule has 4 heterocycles. The SMILES string of the molecule is c1ccc(-c2cc(-c3ccccc3)cc(-c3nc(-n4c5ccccc5c5ccc6c(ccn6-c6ccccc6)c54)n4ccccc34)c2)cc1. The van der Waals surface area contributed by atoms with E-state index in [2.05, 4.69) is 196 Å². The Balaban J connectivity index is 1.27. The van der Waals surface area contributed by atoms with Gasteiger partial charge in [0.25, 0.3) is 0 Å². The highest BCUT2D eigenvalue weighted by atomic mass is 15.2. The summed E-state index contributed by atoms with van der Waals surface area (Å²) in [6.07, 6.45) is 4.31. The zero-order valence-corrected chi connectivity index (χ0v) is 26.6. The van der Waals surface area contributed by atoms with Crippen molar-refractivity contribution in [3.05, 3.63) is 182 Å². The Labute approximate surface area is 283 Å². The summed E-state index contributed by atoms with van der Waals surface area (Å²) < 4.78 is 6.87. The maximum Gasteiger partial charge on any atom is 0.220 e. The normalized spacial score (nSPS) is 11.7. The third-order valence-corrected chi connectivity index (χ3v) is 9.69. The summed E-state index contributed by atoms with van der Waals surface area (Å²) in [5.41, 5.74) is 12.3. The van der Waals surface area contributed by atoms with Gasteiger partial charge in [0.1, 0.15) is 0 Å². The van der Waals surface area contributed by atoms with Gasteiger partial charge in [-0.1, -0.05) is 109 Å².